The fraction of sp³-hybridized carbons (Fsp3) is 0.0667. The minimum absolute atomic E-state index is 0.374. The van der Waals surface area contributed by atoms with Gasteiger partial charge in [-0.3, -0.25) is 4.57 Å². The van der Waals surface area contributed by atoms with Crippen molar-refractivity contribution in [1.82, 2.24) is 14.8 Å². The first-order valence-corrected chi connectivity index (χ1v) is 6.88. The smallest absolute Gasteiger partial charge is 0.225 e. The third-order valence-electron chi connectivity index (χ3n) is 2.99. The van der Waals surface area contributed by atoms with E-state index < -0.39 is 0 Å². The molecule has 0 saturated carbocycles. The molecule has 0 saturated heterocycles. The van der Waals surface area contributed by atoms with Crippen LogP contribution in [-0.2, 0) is 6.54 Å². The average molecular weight is 304 g/mol. The summed E-state index contributed by atoms with van der Waals surface area (Å²) in [7, 11) is 0. The molecule has 1 heterocycles. The Labute approximate surface area is 126 Å². The van der Waals surface area contributed by atoms with Crippen molar-refractivity contribution in [1.29, 1.82) is 0 Å². The maximum atomic E-state index is 6.14. The van der Waals surface area contributed by atoms with E-state index in [-0.39, 0.29) is 0 Å². The lowest BCUT2D eigenvalue weighted by atomic mass is 10.2. The number of halogens is 2. The van der Waals surface area contributed by atoms with Crippen LogP contribution < -0.4 is 0 Å². The summed E-state index contributed by atoms with van der Waals surface area (Å²) in [5.41, 5.74) is 2.08. The Morgan fingerprint density at radius 2 is 1.55 bits per heavy atom. The predicted octanol–water partition coefficient (Wildman–Crippen LogP) is 4.30. The number of rotatable bonds is 3. The van der Waals surface area contributed by atoms with Crippen LogP contribution >= 0.6 is 23.2 Å². The van der Waals surface area contributed by atoms with Gasteiger partial charge in [-0.15, -0.1) is 10.2 Å². The van der Waals surface area contributed by atoms with E-state index in [2.05, 4.69) is 10.2 Å². The van der Waals surface area contributed by atoms with Crippen LogP contribution in [0.4, 0.5) is 0 Å². The molecule has 5 heteroatoms. The summed E-state index contributed by atoms with van der Waals surface area (Å²) in [4.78, 5) is 0. The second-order valence-electron chi connectivity index (χ2n) is 4.37. The number of nitrogens with zero attached hydrogens (tertiary/aromatic N) is 3. The molecule has 0 fully saturated rings. The van der Waals surface area contributed by atoms with Gasteiger partial charge in [0, 0.05) is 10.6 Å². The Balaban J connectivity index is 1.97. The molecule has 0 aliphatic rings. The summed E-state index contributed by atoms with van der Waals surface area (Å²) in [6.45, 7) is 0.604. The molecule has 3 nitrogen and oxygen atoms in total. The van der Waals surface area contributed by atoms with Gasteiger partial charge in [0.05, 0.1) is 6.54 Å². The lowest BCUT2D eigenvalue weighted by Gasteiger charge is -2.08. The molecule has 0 spiro atoms. The van der Waals surface area contributed by atoms with E-state index in [4.69, 9.17) is 23.2 Å². The molecule has 3 aromatic rings. The normalized spacial score (nSPS) is 10.7. The summed E-state index contributed by atoms with van der Waals surface area (Å²) in [6, 6.07) is 17.5. The molecule has 0 bridgehead atoms. The molecule has 100 valence electrons. The molecule has 1 aromatic heterocycles. The van der Waals surface area contributed by atoms with Gasteiger partial charge in [0.25, 0.3) is 0 Å². The minimum atomic E-state index is 0.374. The minimum Gasteiger partial charge on any atom is -0.293 e. The van der Waals surface area contributed by atoms with Crippen molar-refractivity contribution in [2.45, 2.75) is 6.54 Å². The van der Waals surface area contributed by atoms with Crippen LogP contribution in [0.1, 0.15) is 5.56 Å². The van der Waals surface area contributed by atoms with Crippen LogP contribution in [0.2, 0.25) is 10.3 Å². The molecule has 0 atom stereocenters. The summed E-state index contributed by atoms with van der Waals surface area (Å²) in [5, 5.41) is 9.20. The van der Waals surface area contributed by atoms with E-state index in [0.717, 1.165) is 17.0 Å². The zero-order chi connectivity index (χ0) is 13.9. The lowest BCUT2D eigenvalue weighted by molar-refractivity contribution is 0.804. The highest BCUT2D eigenvalue weighted by Crippen LogP contribution is 2.22. The largest absolute Gasteiger partial charge is 0.293 e. The standard InChI is InChI=1S/C15H11Cl2N3/c16-13-8-6-11(7-9-13)10-20-14(18-19-15(20)17)12-4-2-1-3-5-12/h1-9H,10H2. The second-order valence-corrected chi connectivity index (χ2v) is 5.15. The molecule has 0 aliphatic carbocycles. The van der Waals surface area contributed by atoms with Gasteiger partial charge in [-0.2, -0.15) is 0 Å². The first-order valence-electron chi connectivity index (χ1n) is 6.12. The molecular weight excluding hydrogens is 293 g/mol. The molecule has 0 radical (unpaired) electrons. The summed E-state index contributed by atoms with van der Waals surface area (Å²) >= 11 is 12.0. The fourth-order valence-electron chi connectivity index (χ4n) is 2.00. The predicted molar refractivity (Wildman–Crippen MR) is 81.0 cm³/mol. The second kappa shape index (κ2) is 5.65. The van der Waals surface area contributed by atoms with Gasteiger partial charge in [0.2, 0.25) is 5.28 Å². The van der Waals surface area contributed by atoms with E-state index in [0.29, 0.717) is 16.9 Å². The van der Waals surface area contributed by atoms with Crippen molar-refractivity contribution in [2.24, 2.45) is 0 Å². The topological polar surface area (TPSA) is 30.7 Å². The molecule has 20 heavy (non-hydrogen) atoms. The number of hydrogen-bond acceptors (Lipinski definition) is 2. The van der Waals surface area contributed by atoms with Gasteiger partial charge in [-0.05, 0) is 29.3 Å². The Bertz CT molecular complexity index is 706. The third kappa shape index (κ3) is 2.69. The zero-order valence-corrected chi connectivity index (χ0v) is 12.0. The molecule has 3 rings (SSSR count). The highest BCUT2D eigenvalue weighted by Gasteiger charge is 2.12. The van der Waals surface area contributed by atoms with Crippen molar-refractivity contribution in [3.63, 3.8) is 0 Å². The molecule has 0 aliphatic heterocycles. The summed E-state index contributed by atoms with van der Waals surface area (Å²) in [6.07, 6.45) is 0. The van der Waals surface area contributed by atoms with Crippen molar-refractivity contribution in [3.8, 4) is 11.4 Å². The maximum Gasteiger partial charge on any atom is 0.225 e. The summed E-state index contributed by atoms with van der Waals surface area (Å²) < 4.78 is 1.88. The summed E-state index contributed by atoms with van der Waals surface area (Å²) in [5.74, 6) is 0.755. The van der Waals surface area contributed by atoms with Crippen LogP contribution in [0.5, 0.6) is 0 Å². The Hall–Kier alpha value is -1.84. The zero-order valence-electron chi connectivity index (χ0n) is 10.5. The Kier molecular flexibility index (Phi) is 3.72. The van der Waals surface area contributed by atoms with Crippen molar-refractivity contribution in [2.75, 3.05) is 0 Å². The van der Waals surface area contributed by atoms with Gasteiger partial charge < -0.3 is 0 Å². The van der Waals surface area contributed by atoms with Gasteiger partial charge in [0.15, 0.2) is 5.82 Å². The first kappa shape index (κ1) is 13.2. The van der Waals surface area contributed by atoms with Crippen LogP contribution in [0.15, 0.2) is 54.6 Å². The maximum absolute atomic E-state index is 6.14. The van der Waals surface area contributed by atoms with E-state index in [1.807, 2.05) is 59.2 Å². The quantitative estimate of drug-likeness (QED) is 0.722. The van der Waals surface area contributed by atoms with Gasteiger partial charge in [0.1, 0.15) is 0 Å². The van der Waals surface area contributed by atoms with Crippen LogP contribution in [0.3, 0.4) is 0 Å². The van der Waals surface area contributed by atoms with Crippen molar-refractivity contribution < 1.29 is 0 Å². The molecule has 2 aromatic carbocycles. The van der Waals surface area contributed by atoms with E-state index in [1.54, 1.807) is 0 Å². The first-order chi connectivity index (χ1) is 9.74. The average Bonchev–Trinajstić information content (AvgIpc) is 2.84. The number of aromatic nitrogens is 3. The van der Waals surface area contributed by atoms with Gasteiger partial charge >= 0.3 is 0 Å². The van der Waals surface area contributed by atoms with Gasteiger partial charge in [-0.25, -0.2) is 0 Å². The molecule has 0 N–H and O–H groups in total. The highest BCUT2D eigenvalue weighted by atomic mass is 35.5. The number of hydrogen-bond donors (Lipinski definition) is 0. The van der Waals surface area contributed by atoms with Crippen molar-refractivity contribution in [3.05, 3.63) is 70.5 Å². The number of benzene rings is 2. The molecule has 0 amide bonds. The van der Waals surface area contributed by atoms with Gasteiger partial charge in [-0.1, -0.05) is 54.1 Å². The van der Waals surface area contributed by atoms with Crippen LogP contribution in [0, 0.1) is 0 Å². The van der Waals surface area contributed by atoms with Crippen molar-refractivity contribution >= 4 is 23.2 Å². The molecular formula is C15H11Cl2N3. The Morgan fingerprint density at radius 3 is 2.25 bits per heavy atom. The van der Waals surface area contributed by atoms with E-state index in [1.165, 1.54) is 0 Å². The van der Waals surface area contributed by atoms with Crippen LogP contribution in [0.25, 0.3) is 11.4 Å². The van der Waals surface area contributed by atoms with E-state index in [9.17, 15) is 0 Å². The fourth-order valence-corrected chi connectivity index (χ4v) is 2.30. The van der Waals surface area contributed by atoms with E-state index >= 15 is 0 Å². The highest BCUT2D eigenvalue weighted by molar-refractivity contribution is 6.30. The third-order valence-corrected chi connectivity index (χ3v) is 3.52. The monoisotopic (exact) mass is 303 g/mol. The lowest BCUT2D eigenvalue weighted by Crippen LogP contribution is -2.02. The van der Waals surface area contributed by atoms with Crippen LogP contribution in [-0.4, -0.2) is 14.8 Å². The Morgan fingerprint density at radius 1 is 0.850 bits per heavy atom. The SMILES string of the molecule is Clc1ccc(Cn2c(Cl)nnc2-c2ccccc2)cc1. The molecule has 0 unspecified atom stereocenters.